The van der Waals surface area contributed by atoms with Gasteiger partial charge in [0.25, 0.3) is 0 Å². The van der Waals surface area contributed by atoms with Crippen molar-refractivity contribution in [3.63, 3.8) is 0 Å². The van der Waals surface area contributed by atoms with Gasteiger partial charge in [-0.25, -0.2) is 10.6 Å². The van der Waals surface area contributed by atoms with Gasteiger partial charge >= 0.3 is 6.09 Å². The van der Waals surface area contributed by atoms with Crippen LogP contribution in [0.15, 0.2) is 0 Å². The largest absolute Gasteiger partial charge is 0.450 e. The number of thiocarbonyl (C=S) groups is 1. The predicted octanol–water partition coefficient (Wildman–Crippen LogP) is -0.519. The Hall–Kier alpha value is -0.880. The second-order valence-corrected chi connectivity index (χ2v) is 1.73. The maximum atomic E-state index is 10.5. The molecule has 0 saturated heterocycles. The number of nitrogens with one attached hydrogen (secondary N) is 2. The van der Waals surface area contributed by atoms with Crippen molar-refractivity contribution in [1.29, 1.82) is 0 Å². The van der Waals surface area contributed by atoms with Crippen LogP contribution >= 0.6 is 12.2 Å². The maximum absolute atomic E-state index is 10.5. The van der Waals surface area contributed by atoms with Gasteiger partial charge in [-0.2, -0.15) is 0 Å². The summed E-state index contributed by atoms with van der Waals surface area (Å²) < 4.78 is 4.48. The van der Waals surface area contributed by atoms with Gasteiger partial charge in [-0.05, 0) is 19.1 Å². The van der Waals surface area contributed by atoms with Gasteiger partial charge in [0.2, 0.25) is 0 Å². The Balaban J connectivity index is 3.47. The van der Waals surface area contributed by atoms with Crippen LogP contribution in [0.4, 0.5) is 4.79 Å². The van der Waals surface area contributed by atoms with Crippen molar-refractivity contribution in [3.05, 3.63) is 0 Å². The minimum atomic E-state index is -0.606. The van der Waals surface area contributed by atoms with Gasteiger partial charge in [-0.1, -0.05) is 0 Å². The lowest BCUT2D eigenvalue weighted by molar-refractivity contribution is 0.157. The Morgan fingerprint density at radius 1 is 1.80 bits per heavy atom. The highest BCUT2D eigenvalue weighted by Crippen LogP contribution is 1.74. The number of hydrogen-bond acceptors (Lipinski definition) is 4. The molecule has 0 heterocycles. The number of alkyl carbamates (subject to hydrolysis) is 1. The van der Waals surface area contributed by atoms with E-state index >= 15 is 0 Å². The number of rotatable bonds is 1. The van der Waals surface area contributed by atoms with Gasteiger partial charge in [0.1, 0.15) is 0 Å². The predicted molar refractivity (Wildman–Crippen MR) is 40.1 cm³/mol. The number of hydrazine groups is 1. The third-order valence-corrected chi connectivity index (χ3v) is 0.842. The maximum Gasteiger partial charge on any atom is 0.413 e. The number of ether oxygens (including phenoxy) is 1. The first kappa shape index (κ1) is 9.12. The topological polar surface area (TPSA) is 76.4 Å². The van der Waals surface area contributed by atoms with E-state index in [0.717, 1.165) is 0 Å². The van der Waals surface area contributed by atoms with Crippen molar-refractivity contribution in [2.24, 2.45) is 5.84 Å². The summed E-state index contributed by atoms with van der Waals surface area (Å²) in [5.41, 5.74) is 2.07. The SMILES string of the molecule is CCOC(=O)NC(=S)NN. The first-order valence-electron chi connectivity index (χ1n) is 2.65. The molecule has 0 aromatic rings. The number of carbonyl (C=O) groups is 1. The van der Waals surface area contributed by atoms with Crippen LogP contribution < -0.4 is 16.6 Å². The van der Waals surface area contributed by atoms with Gasteiger partial charge in [0.15, 0.2) is 5.11 Å². The zero-order chi connectivity index (χ0) is 7.98. The van der Waals surface area contributed by atoms with E-state index in [1.54, 1.807) is 6.92 Å². The van der Waals surface area contributed by atoms with Gasteiger partial charge < -0.3 is 10.2 Å². The molecule has 0 aliphatic carbocycles. The highest BCUT2D eigenvalue weighted by atomic mass is 32.1. The van der Waals surface area contributed by atoms with E-state index in [4.69, 9.17) is 5.84 Å². The molecular formula is C4H9N3O2S. The van der Waals surface area contributed by atoms with Gasteiger partial charge in [-0.15, -0.1) is 0 Å². The number of hydrogen-bond donors (Lipinski definition) is 3. The summed E-state index contributed by atoms with van der Waals surface area (Å²) in [6.45, 7) is 2.00. The molecular weight excluding hydrogens is 154 g/mol. The lowest BCUT2D eigenvalue weighted by Gasteiger charge is -2.03. The van der Waals surface area contributed by atoms with Crippen molar-refractivity contribution < 1.29 is 9.53 Å². The average molecular weight is 163 g/mol. The molecule has 0 saturated carbocycles. The molecule has 0 bridgehead atoms. The van der Waals surface area contributed by atoms with Crippen LogP contribution in [0.2, 0.25) is 0 Å². The Labute approximate surface area is 63.9 Å². The zero-order valence-corrected chi connectivity index (χ0v) is 6.33. The molecule has 0 aliphatic rings. The Morgan fingerprint density at radius 2 is 2.40 bits per heavy atom. The van der Waals surface area contributed by atoms with E-state index < -0.39 is 6.09 Å². The van der Waals surface area contributed by atoms with Crippen LogP contribution in [0.3, 0.4) is 0 Å². The quantitative estimate of drug-likeness (QED) is 0.275. The summed E-state index contributed by atoms with van der Waals surface area (Å²) >= 11 is 4.50. The molecule has 6 heteroatoms. The molecule has 0 aromatic heterocycles. The van der Waals surface area contributed by atoms with Crippen molar-refractivity contribution in [1.82, 2.24) is 10.7 Å². The van der Waals surface area contributed by atoms with Crippen molar-refractivity contribution in [3.8, 4) is 0 Å². The van der Waals surface area contributed by atoms with Crippen LogP contribution in [-0.4, -0.2) is 17.8 Å². The fraction of sp³-hybridized carbons (Fsp3) is 0.500. The van der Waals surface area contributed by atoms with Gasteiger partial charge in [-0.3, -0.25) is 5.32 Å². The molecule has 0 spiro atoms. The molecule has 0 unspecified atom stereocenters. The third kappa shape index (κ3) is 4.04. The second kappa shape index (κ2) is 4.95. The molecule has 0 aromatic carbocycles. The van der Waals surface area contributed by atoms with Crippen LogP contribution in [0, 0.1) is 0 Å². The van der Waals surface area contributed by atoms with E-state index in [1.165, 1.54) is 0 Å². The number of nitrogens with two attached hydrogens (primary N) is 1. The highest BCUT2D eigenvalue weighted by Gasteiger charge is 2.00. The Bertz CT molecular complexity index is 138. The summed E-state index contributed by atoms with van der Waals surface area (Å²) in [6.07, 6.45) is -0.606. The van der Waals surface area contributed by atoms with E-state index in [0.29, 0.717) is 6.61 Å². The Kier molecular flexibility index (Phi) is 4.51. The lowest BCUT2D eigenvalue weighted by Crippen LogP contribution is -2.42. The normalized spacial score (nSPS) is 8.20. The third-order valence-electron chi connectivity index (χ3n) is 0.622. The lowest BCUT2D eigenvalue weighted by atomic mass is 10.8. The molecule has 58 valence electrons. The fourth-order valence-electron chi connectivity index (χ4n) is 0.296. The minimum Gasteiger partial charge on any atom is -0.450 e. The van der Waals surface area contributed by atoms with Gasteiger partial charge in [0, 0.05) is 0 Å². The highest BCUT2D eigenvalue weighted by molar-refractivity contribution is 7.80. The van der Waals surface area contributed by atoms with E-state index in [2.05, 4.69) is 27.7 Å². The summed E-state index contributed by atoms with van der Waals surface area (Å²) in [6, 6.07) is 0. The van der Waals surface area contributed by atoms with Crippen LogP contribution in [0.5, 0.6) is 0 Å². The monoisotopic (exact) mass is 163 g/mol. The van der Waals surface area contributed by atoms with E-state index in [9.17, 15) is 4.79 Å². The molecule has 5 nitrogen and oxygen atoms in total. The van der Waals surface area contributed by atoms with Crippen molar-refractivity contribution in [2.45, 2.75) is 6.92 Å². The fourth-order valence-corrected chi connectivity index (χ4v) is 0.379. The van der Waals surface area contributed by atoms with E-state index in [-0.39, 0.29) is 5.11 Å². The summed E-state index contributed by atoms with van der Waals surface area (Å²) in [5.74, 6) is 4.86. The standard InChI is InChI=1S/C4H9N3O2S/c1-2-9-4(8)6-3(10)7-5/h2,5H2,1H3,(H2,6,7,8,10). The molecule has 0 aliphatic heterocycles. The first-order chi connectivity index (χ1) is 4.70. The molecule has 0 fully saturated rings. The second-order valence-electron chi connectivity index (χ2n) is 1.32. The van der Waals surface area contributed by atoms with Crippen LogP contribution in [0.1, 0.15) is 6.92 Å². The minimum absolute atomic E-state index is 0.0402. The summed E-state index contributed by atoms with van der Waals surface area (Å²) in [7, 11) is 0. The zero-order valence-electron chi connectivity index (χ0n) is 5.51. The van der Waals surface area contributed by atoms with Crippen molar-refractivity contribution >= 4 is 23.4 Å². The van der Waals surface area contributed by atoms with Gasteiger partial charge in [0.05, 0.1) is 6.61 Å². The summed E-state index contributed by atoms with van der Waals surface area (Å²) in [5, 5.41) is 2.20. The molecule has 0 radical (unpaired) electrons. The number of amides is 1. The molecule has 0 atom stereocenters. The molecule has 1 amide bonds. The van der Waals surface area contributed by atoms with Crippen LogP contribution in [0.25, 0.3) is 0 Å². The molecule has 10 heavy (non-hydrogen) atoms. The van der Waals surface area contributed by atoms with Crippen LogP contribution in [-0.2, 0) is 4.74 Å². The number of carbonyl (C=O) groups excluding carboxylic acids is 1. The molecule has 0 rings (SSSR count). The smallest absolute Gasteiger partial charge is 0.413 e. The Morgan fingerprint density at radius 3 is 2.80 bits per heavy atom. The van der Waals surface area contributed by atoms with Crippen molar-refractivity contribution in [2.75, 3.05) is 6.61 Å². The summed E-state index contributed by atoms with van der Waals surface area (Å²) in [4.78, 5) is 10.5. The average Bonchev–Trinajstić information content (AvgIpc) is 1.88. The molecule has 4 N–H and O–H groups in total. The first-order valence-corrected chi connectivity index (χ1v) is 3.06. The van der Waals surface area contributed by atoms with E-state index in [1.807, 2.05) is 0 Å².